The lowest BCUT2D eigenvalue weighted by molar-refractivity contribution is -0.132. The number of amides is 3. The maximum atomic E-state index is 12.6. The summed E-state index contributed by atoms with van der Waals surface area (Å²) < 4.78 is 0. The third kappa shape index (κ3) is 5.25. The highest BCUT2D eigenvalue weighted by Crippen LogP contribution is 2.20. The Labute approximate surface area is 165 Å². The second-order valence-corrected chi connectivity index (χ2v) is 7.15. The van der Waals surface area contributed by atoms with E-state index in [1.165, 1.54) is 6.33 Å². The minimum absolute atomic E-state index is 0.0255. The van der Waals surface area contributed by atoms with Crippen molar-refractivity contribution in [2.24, 2.45) is 0 Å². The summed E-state index contributed by atoms with van der Waals surface area (Å²) in [6.45, 7) is 5.28. The molecule has 8 nitrogen and oxygen atoms in total. The van der Waals surface area contributed by atoms with Crippen molar-refractivity contribution in [2.75, 3.05) is 18.4 Å². The van der Waals surface area contributed by atoms with E-state index >= 15 is 0 Å². The van der Waals surface area contributed by atoms with Crippen LogP contribution in [0.5, 0.6) is 0 Å². The molecule has 0 radical (unpaired) electrons. The first kappa shape index (κ1) is 19.7. The van der Waals surface area contributed by atoms with E-state index in [1.807, 2.05) is 22.8 Å². The van der Waals surface area contributed by atoms with Crippen LogP contribution in [0.3, 0.4) is 0 Å². The largest absolute Gasteiger partial charge is 0.335 e. The summed E-state index contributed by atoms with van der Waals surface area (Å²) in [6, 6.07) is 1.86. The summed E-state index contributed by atoms with van der Waals surface area (Å²) in [5.41, 5.74) is 2.60. The Morgan fingerprint density at radius 1 is 1.14 bits per heavy atom. The van der Waals surface area contributed by atoms with Crippen molar-refractivity contribution >= 4 is 17.6 Å². The van der Waals surface area contributed by atoms with E-state index < -0.39 is 0 Å². The van der Waals surface area contributed by atoms with E-state index in [0.29, 0.717) is 25.3 Å². The topological polar surface area (TPSA) is 91.3 Å². The first-order valence-electron chi connectivity index (χ1n) is 9.51. The number of aryl methyl sites for hydroxylation is 1. The Kier molecular flexibility index (Phi) is 6.52. The van der Waals surface area contributed by atoms with Gasteiger partial charge < -0.3 is 15.1 Å². The summed E-state index contributed by atoms with van der Waals surface area (Å²) in [4.78, 5) is 40.7. The molecule has 2 aromatic rings. The van der Waals surface area contributed by atoms with Crippen LogP contribution in [0.1, 0.15) is 37.3 Å². The Bertz CT molecular complexity index is 813. The van der Waals surface area contributed by atoms with Crippen LogP contribution in [-0.4, -0.2) is 55.8 Å². The highest BCUT2D eigenvalue weighted by atomic mass is 16.2. The second-order valence-electron chi connectivity index (χ2n) is 7.15. The Morgan fingerprint density at radius 3 is 2.64 bits per heavy atom. The van der Waals surface area contributed by atoms with E-state index in [4.69, 9.17) is 0 Å². The van der Waals surface area contributed by atoms with Gasteiger partial charge in [0.2, 0.25) is 5.91 Å². The van der Waals surface area contributed by atoms with Crippen molar-refractivity contribution in [3.05, 3.63) is 48.3 Å². The summed E-state index contributed by atoms with van der Waals surface area (Å²) >= 11 is 0. The minimum atomic E-state index is -0.126. The molecular weight excluding hydrogens is 356 g/mol. The molecule has 1 saturated heterocycles. The predicted molar refractivity (Wildman–Crippen MR) is 105 cm³/mol. The number of nitrogens with zero attached hydrogens (tertiary/aromatic N) is 5. The fourth-order valence-electron chi connectivity index (χ4n) is 3.53. The molecule has 148 valence electrons. The average molecular weight is 382 g/mol. The Morgan fingerprint density at radius 2 is 1.93 bits per heavy atom. The smallest absolute Gasteiger partial charge is 0.321 e. The number of nitrogens with one attached hydrogen (secondary N) is 1. The van der Waals surface area contributed by atoms with E-state index in [9.17, 15) is 9.59 Å². The lowest BCUT2D eigenvalue weighted by Gasteiger charge is -2.30. The molecule has 8 heteroatoms. The van der Waals surface area contributed by atoms with Gasteiger partial charge in [-0.05, 0) is 37.8 Å². The third-order valence-corrected chi connectivity index (χ3v) is 4.92. The van der Waals surface area contributed by atoms with Gasteiger partial charge in [-0.15, -0.1) is 0 Å². The van der Waals surface area contributed by atoms with Crippen LogP contribution in [0.15, 0.2) is 37.2 Å². The van der Waals surface area contributed by atoms with E-state index in [1.54, 1.807) is 31.7 Å². The van der Waals surface area contributed by atoms with Gasteiger partial charge in [-0.2, -0.15) is 0 Å². The molecule has 1 fully saturated rings. The summed E-state index contributed by atoms with van der Waals surface area (Å²) in [7, 11) is 0. The van der Waals surface area contributed by atoms with Crippen LogP contribution in [0.25, 0.3) is 0 Å². The van der Waals surface area contributed by atoms with E-state index in [2.05, 4.69) is 20.3 Å². The van der Waals surface area contributed by atoms with Crippen LogP contribution >= 0.6 is 0 Å². The molecular formula is C20H26N6O2. The SMILES string of the molecule is CC(=O)N(Cc1cncnc1)[C@@H]1CCCN(C(=O)Nc2cncc(C)c2)CC1. The Balaban J connectivity index is 1.61. The first-order chi connectivity index (χ1) is 13.5. The number of rotatable bonds is 4. The molecule has 28 heavy (non-hydrogen) atoms. The number of likely N-dealkylation sites (tertiary alicyclic amines) is 1. The van der Waals surface area contributed by atoms with Gasteiger partial charge in [0.15, 0.2) is 0 Å². The maximum Gasteiger partial charge on any atom is 0.321 e. The van der Waals surface area contributed by atoms with Crippen molar-refractivity contribution in [2.45, 2.75) is 45.7 Å². The molecule has 1 aliphatic rings. The van der Waals surface area contributed by atoms with Crippen LogP contribution in [0.4, 0.5) is 10.5 Å². The fraction of sp³-hybridized carbons (Fsp3) is 0.450. The average Bonchev–Trinajstić information content (AvgIpc) is 2.93. The number of carbonyl (C=O) groups is 2. The van der Waals surface area contributed by atoms with Crippen LogP contribution in [0.2, 0.25) is 0 Å². The van der Waals surface area contributed by atoms with Crippen LogP contribution < -0.4 is 5.32 Å². The lowest BCUT2D eigenvalue weighted by Crippen LogP contribution is -2.40. The van der Waals surface area contributed by atoms with Gasteiger partial charge in [0.25, 0.3) is 0 Å². The summed E-state index contributed by atoms with van der Waals surface area (Å²) in [5.74, 6) is 0.0255. The number of pyridine rings is 1. The molecule has 0 aromatic carbocycles. The zero-order valence-corrected chi connectivity index (χ0v) is 16.3. The molecule has 3 rings (SSSR count). The number of anilines is 1. The van der Waals surface area contributed by atoms with Crippen molar-refractivity contribution in [1.29, 1.82) is 0 Å². The van der Waals surface area contributed by atoms with Gasteiger partial charge in [-0.3, -0.25) is 9.78 Å². The molecule has 2 aromatic heterocycles. The van der Waals surface area contributed by atoms with Crippen molar-refractivity contribution < 1.29 is 9.59 Å². The minimum Gasteiger partial charge on any atom is -0.335 e. The molecule has 1 aliphatic heterocycles. The number of hydrogen-bond acceptors (Lipinski definition) is 5. The molecule has 0 aliphatic carbocycles. The zero-order chi connectivity index (χ0) is 19.9. The monoisotopic (exact) mass is 382 g/mol. The molecule has 3 amide bonds. The van der Waals surface area contributed by atoms with E-state index in [0.717, 1.165) is 30.4 Å². The predicted octanol–water partition coefficient (Wildman–Crippen LogP) is 2.62. The molecule has 0 unspecified atom stereocenters. The highest BCUT2D eigenvalue weighted by Gasteiger charge is 2.26. The Hall–Kier alpha value is -3.03. The summed E-state index contributed by atoms with van der Waals surface area (Å²) in [6.07, 6.45) is 10.8. The van der Waals surface area contributed by atoms with Gasteiger partial charge in [0, 0.05) is 56.8 Å². The molecule has 1 N–H and O–H groups in total. The third-order valence-electron chi connectivity index (χ3n) is 4.92. The number of urea groups is 1. The van der Waals surface area contributed by atoms with Gasteiger partial charge in [0.1, 0.15) is 6.33 Å². The molecule has 0 saturated carbocycles. The molecule has 0 bridgehead atoms. The van der Waals surface area contributed by atoms with Gasteiger partial charge >= 0.3 is 6.03 Å². The summed E-state index contributed by atoms with van der Waals surface area (Å²) in [5, 5.41) is 2.91. The standard InChI is InChI=1S/C20H26N6O2/c1-15-8-18(12-21-9-15)24-20(28)25-6-3-4-19(5-7-25)26(16(2)27)13-17-10-22-14-23-11-17/h8-12,14,19H,3-7,13H2,1-2H3,(H,24,28)/t19-/m1/s1. The van der Waals surface area contributed by atoms with Crippen molar-refractivity contribution in [1.82, 2.24) is 24.8 Å². The van der Waals surface area contributed by atoms with Gasteiger partial charge in [-0.1, -0.05) is 0 Å². The normalized spacial score (nSPS) is 16.9. The van der Waals surface area contributed by atoms with Crippen LogP contribution in [-0.2, 0) is 11.3 Å². The highest BCUT2D eigenvalue weighted by molar-refractivity contribution is 5.89. The molecule has 1 atom stereocenters. The van der Waals surface area contributed by atoms with Gasteiger partial charge in [0.05, 0.1) is 11.9 Å². The van der Waals surface area contributed by atoms with Crippen molar-refractivity contribution in [3.63, 3.8) is 0 Å². The molecule has 3 heterocycles. The first-order valence-corrected chi connectivity index (χ1v) is 9.51. The number of hydrogen-bond donors (Lipinski definition) is 1. The number of carbonyl (C=O) groups excluding carboxylic acids is 2. The quantitative estimate of drug-likeness (QED) is 0.878. The van der Waals surface area contributed by atoms with Gasteiger partial charge in [-0.25, -0.2) is 14.8 Å². The maximum absolute atomic E-state index is 12.6. The number of aromatic nitrogens is 3. The van der Waals surface area contributed by atoms with Crippen molar-refractivity contribution in [3.8, 4) is 0 Å². The lowest BCUT2D eigenvalue weighted by atomic mass is 10.1. The van der Waals surface area contributed by atoms with Crippen LogP contribution in [0, 0.1) is 6.92 Å². The fourth-order valence-corrected chi connectivity index (χ4v) is 3.53. The van der Waals surface area contributed by atoms with E-state index in [-0.39, 0.29) is 18.0 Å². The molecule has 0 spiro atoms. The second kappa shape index (κ2) is 9.25. The zero-order valence-electron chi connectivity index (χ0n) is 16.3.